The van der Waals surface area contributed by atoms with Gasteiger partial charge in [0.1, 0.15) is 2.14 Å². The van der Waals surface area contributed by atoms with Crippen molar-refractivity contribution in [3.63, 3.8) is 0 Å². The fourth-order valence-corrected chi connectivity index (χ4v) is 0. The third-order valence-corrected chi connectivity index (χ3v) is 0. The van der Waals surface area contributed by atoms with E-state index in [1.54, 1.807) is 0 Å². The van der Waals surface area contributed by atoms with E-state index in [0.717, 1.165) is 0 Å². The maximum absolute atomic E-state index is 3.21. The second-order valence-corrected chi connectivity index (χ2v) is 8.73. The van der Waals surface area contributed by atoms with Crippen LogP contribution in [0.5, 0.6) is 0 Å². The van der Waals surface area contributed by atoms with E-state index in [0.29, 0.717) is 0 Å². The van der Waals surface area contributed by atoms with Crippen LogP contribution < -0.4 is 0 Å². The van der Waals surface area contributed by atoms with E-state index < -0.39 is 0 Å². The van der Waals surface area contributed by atoms with Crippen molar-refractivity contribution in [1.29, 1.82) is 0 Å². The standard InChI is InChI=1S/C2H3Br3.Hf/c1-2(3,4)5;/h1H3;. The zero-order valence-corrected chi connectivity index (χ0v) is 11.5. The van der Waals surface area contributed by atoms with Crippen molar-refractivity contribution in [3.8, 4) is 0 Å². The van der Waals surface area contributed by atoms with Crippen LogP contribution in [0.1, 0.15) is 6.92 Å². The number of halogens is 3. The van der Waals surface area contributed by atoms with Gasteiger partial charge in [-0.25, -0.2) is 0 Å². The molecule has 0 heterocycles. The summed E-state index contributed by atoms with van der Waals surface area (Å²) in [5.74, 6) is 0. The second kappa shape index (κ2) is 4.21. The first-order valence-electron chi connectivity index (χ1n) is 1.07. The van der Waals surface area contributed by atoms with Crippen molar-refractivity contribution in [1.82, 2.24) is 0 Å². The van der Waals surface area contributed by atoms with Crippen LogP contribution in [0, 0.1) is 0 Å². The van der Waals surface area contributed by atoms with Gasteiger partial charge in [-0.3, -0.25) is 0 Å². The molecule has 0 aromatic carbocycles. The van der Waals surface area contributed by atoms with Gasteiger partial charge >= 0.3 is 0 Å². The molecule has 0 nitrogen and oxygen atoms in total. The summed E-state index contributed by atoms with van der Waals surface area (Å²) in [6.07, 6.45) is 0. The predicted octanol–water partition coefficient (Wildman–Crippen LogP) is 2.84. The molecule has 0 N–H and O–H groups in total. The van der Waals surface area contributed by atoms with Crippen molar-refractivity contribution in [2.45, 2.75) is 9.07 Å². The Bertz CT molecular complexity index is 24.3. The molecule has 0 unspecified atom stereocenters. The largest absolute Gasteiger partial charge is 0.132 e. The molecule has 4 heteroatoms. The van der Waals surface area contributed by atoms with Gasteiger partial charge in [-0.15, -0.1) is 0 Å². The van der Waals surface area contributed by atoms with Crippen LogP contribution >= 0.6 is 47.8 Å². The summed E-state index contributed by atoms with van der Waals surface area (Å²) in [5.41, 5.74) is 0. The van der Waals surface area contributed by atoms with Gasteiger partial charge in [0.2, 0.25) is 0 Å². The number of alkyl halides is 3. The smallest absolute Gasteiger partial charge is 0.0603 e. The molecule has 0 radical (unpaired) electrons. The van der Waals surface area contributed by atoms with Crippen LogP contribution in [-0.2, 0) is 25.8 Å². The summed E-state index contributed by atoms with van der Waals surface area (Å²) in [6, 6.07) is 0. The van der Waals surface area contributed by atoms with E-state index in [4.69, 9.17) is 0 Å². The van der Waals surface area contributed by atoms with Gasteiger partial charge in [0, 0.05) is 25.8 Å². The molecule has 36 valence electrons. The average Bonchev–Trinajstić information content (AvgIpc) is 0.722. The van der Waals surface area contributed by atoms with Crippen LogP contribution in [0.25, 0.3) is 0 Å². The Hall–Kier alpha value is 2.31. The first-order chi connectivity index (χ1) is 2.00. The summed E-state index contributed by atoms with van der Waals surface area (Å²) in [6.45, 7) is 1.94. The molecule has 0 aliphatic carbocycles. The Labute approximate surface area is 81.6 Å². The van der Waals surface area contributed by atoms with Gasteiger partial charge in [-0.1, -0.05) is 47.8 Å². The number of hydrogen-bond acceptors (Lipinski definition) is 0. The van der Waals surface area contributed by atoms with Crippen LogP contribution in [-0.4, -0.2) is 2.14 Å². The van der Waals surface area contributed by atoms with E-state index in [-0.39, 0.29) is 28.0 Å². The summed E-state index contributed by atoms with van der Waals surface area (Å²) in [7, 11) is 0. The number of hydrogen-bond donors (Lipinski definition) is 0. The predicted molar refractivity (Wildman–Crippen MR) is 35.2 cm³/mol. The third kappa shape index (κ3) is 33.3. The van der Waals surface area contributed by atoms with Gasteiger partial charge in [-0.2, -0.15) is 0 Å². The Morgan fingerprint density at radius 1 is 1.17 bits per heavy atom. The van der Waals surface area contributed by atoms with E-state index in [1.165, 1.54) is 0 Å². The fourth-order valence-electron chi connectivity index (χ4n) is 0. The summed E-state index contributed by atoms with van der Waals surface area (Å²) in [4.78, 5) is 0. The van der Waals surface area contributed by atoms with Gasteiger partial charge in [0.25, 0.3) is 0 Å². The first kappa shape index (κ1) is 11.2. The van der Waals surface area contributed by atoms with Gasteiger partial charge in [0.15, 0.2) is 0 Å². The SMILES string of the molecule is CC(Br)(Br)Br.[Hf]. The van der Waals surface area contributed by atoms with E-state index >= 15 is 0 Å². The fraction of sp³-hybridized carbons (Fsp3) is 1.00. The third-order valence-electron chi connectivity index (χ3n) is 0. The van der Waals surface area contributed by atoms with Gasteiger partial charge in [-0.05, 0) is 6.92 Å². The molecule has 0 saturated heterocycles. The second-order valence-electron chi connectivity index (χ2n) is 0.781. The molecule has 0 rings (SSSR count). The first-order valence-corrected chi connectivity index (χ1v) is 3.45. The van der Waals surface area contributed by atoms with Crippen molar-refractivity contribution in [2.75, 3.05) is 0 Å². The van der Waals surface area contributed by atoms with Crippen LogP contribution in [0.3, 0.4) is 0 Å². The normalized spacial score (nSPS) is 10.0. The summed E-state index contributed by atoms with van der Waals surface area (Å²) < 4.78 is -0.0625. The Balaban J connectivity index is 0. The van der Waals surface area contributed by atoms with E-state index in [1.807, 2.05) is 6.92 Å². The van der Waals surface area contributed by atoms with Crippen LogP contribution in [0.4, 0.5) is 0 Å². The van der Waals surface area contributed by atoms with Gasteiger partial charge in [0.05, 0.1) is 0 Å². The van der Waals surface area contributed by atoms with E-state index in [2.05, 4.69) is 47.8 Å². The quantitative estimate of drug-likeness (QED) is 0.398. The molecule has 6 heavy (non-hydrogen) atoms. The minimum absolute atomic E-state index is 0. The maximum atomic E-state index is 3.21. The van der Waals surface area contributed by atoms with Crippen LogP contribution in [0.2, 0.25) is 0 Å². The summed E-state index contributed by atoms with van der Waals surface area (Å²) >= 11 is 9.62. The molecular formula is C2H3Br3Hf. The average molecular weight is 445 g/mol. The van der Waals surface area contributed by atoms with E-state index in [9.17, 15) is 0 Å². The molecule has 0 fully saturated rings. The van der Waals surface area contributed by atoms with Crippen molar-refractivity contribution >= 4 is 47.8 Å². The minimum atomic E-state index is -0.0625. The minimum Gasteiger partial charge on any atom is -0.0603 e. The topological polar surface area (TPSA) is 0 Å². The monoisotopic (exact) mass is 444 g/mol. The molecule has 0 aliphatic heterocycles. The van der Waals surface area contributed by atoms with Crippen LogP contribution in [0.15, 0.2) is 0 Å². The Morgan fingerprint density at radius 3 is 1.17 bits per heavy atom. The molecule has 0 amide bonds. The molecular weight excluding hydrogens is 442 g/mol. The summed E-state index contributed by atoms with van der Waals surface area (Å²) in [5, 5.41) is 0. The van der Waals surface area contributed by atoms with Crippen molar-refractivity contribution in [3.05, 3.63) is 0 Å². The zero-order chi connectivity index (χ0) is 4.50. The Kier molecular flexibility index (Phi) is 7.83. The molecule has 0 aromatic heterocycles. The van der Waals surface area contributed by atoms with Crippen molar-refractivity contribution < 1.29 is 25.8 Å². The van der Waals surface area contributed by atoms with Gasteiger partial charge < -0.3 is 0 Å². The zero-order valence-electron chi connectivity index (χ0n) is 3.13. The van der Waals surface area contributed by atoms with Crippen molar-refractivity contribution in [2.24, 2.45) is 0 Å². The molecule has 0 saturated carbocycles. The Morgan fingerprint density at radius 2 is 1.17 bits per heavy atom. The molecule has 0 bridgehead atoms. The molecule has 0 aromatic rings. The molecule has 0 spiro atoms. The molecule has 0 aliphatic rings. The number of rotatable bonds is 0. The maximum Gasteiger partial charge on any atom is 0.132 e. The molecule has 0 atom stereocenters.